The molecule has 23 heavy (non-hydrogen) atoms. The molecule has 9 heteroatoms. The molecule has 1 aromatic heterocycles. The number of likely N-dealkylation sites (N-methyl/N-ethyl adjacent to an activating group) is 1. The van der Waals surface area contributed by atoms with Gasteiger partial charge in [0.15, 0.2) is 11.6 Å². The number of hydrogen-bond donors (Lipinski definition) is 1. The molecule has 0 aliphatic heterocycles. The zero-order valence-electron chi connectivity index (χ0n) is 12.8. The molecule has 2 rings (SSSR count). The number of nitrogens with zero attached hydrogens (tertiary/aromatic N) is 3. The van der Waals surface area contributed by atoms with Gasteiger partial charge >= 0.3 is 5.69 Å². The average Bonchev–Trinajstić information content (AvgIpc) is 2.95. The second kappa shape index (κ2) is 7.89. The predicted molar refractivity (Wildman–Crippen MR) is 83.8 cm³/mol. The van der Waals surface area contributed by atoms with Crippen LogP contribution >= 0.6 is 11.6 Å². The normalized spacial score (nSPS) is 12.1. The van der Waals surface area contributed by atoms with Crippen molar-refractivity contribution in [1.82, 2.24) is 15.5 Å². The van der Waals surface area contributed by atoms with E-state index in [0.29, 0.717) is 24.6 Å². The van der Waals surface area contributed by atoms with Crippen LogP contribution in [-0.2, 0) is 12.8 Å². The highest BCUT2D eigenvalue weighted by molar-refractivity contribution is 6.30. The fourth-order valence-electron chi connectivity index (χ4n) is 1.85. The minimum Gasteiger partial charge on any atom is -0.486 e. The fraction of sp³-hybridized carbons (Fsp3) is 0.429. The van der Waals surface area contributed by atoms with Gasteiger partial charge < -0.3 is 14.6 Å². The minimum atomic E-state index is -0.537. The predicted octanol–water partition coefficient (Wildman–Crippen LogP) is 2.40. The number of hydrogen-bond acceptors (Lipinski definition) is 7. The second-order valence-corrected chi connectivity index (χ2v) is 5.40. The van der Waals surface area contributed by atoms with E-state index in [-0.39, 0.29) is 29.1 Å². The van der Waals surface area contributed by atoms with Gasteiger partial charge in [0.2, 0.25) is 5.89 Å². The summed E-state index contributed by atoms with van der Waals surface area (Å²) < 4.78 is 10.5. The summed E-state index contributed by atoms with van der Waals surface area (Å²) in [7, 11) is 1.86. The third-order valence-electron chi connectivity index (χ3n) is 3.18. The lowest BCUT2D eigenvalue weighted by Crippen LogP contribution is -2.24. The monoisotopic (exact) mass is 340 g/mol. The number of benzene rings is 1. The van der Waals surface area contributed by atoms with Crippen LogP contribution in [0.25, 0.3) is 0 Å². The van der Waals surface area contributed by atoms with Gasteiger partial charge in [0.05, 0.1) is 18.0 Å². The summed E-state index contributed by atoms with van der Waals surface area (Å²) in [5, 5.41) is 18.2. The highest BCUT2D eigenvalue weighted by atomic mass is 35.5. The van der Waals surface area contributed by atoms with Gasteiger partial charge in [-0.3, -0.25) is 10.1 Å². The first kappa shape index (κ1) is 17.2. The van der Waals surface area contributed by atoms with Gasteiger partial charge in [-0.1, -0.05) is 16.8 Å². The number of halogens is 1. The third kappa shape index (κ3) is 4.90. The van der Waals surface area contributed by atoms with Gasteiger partial charge in [-0.25, -0.2) is 0 Å². The van der Waals surface area contributed by atoms with Gasteiger partial charge in [0, 0.05) is 23.6 Å². The Labute approximate surface area is 137 Å². The lowest BCUT2D eigenvalue weighted by molar-refractivity contribution is -0.385. The van der Waals surface area contributed by atoms with Crippen molar-refractivity contribution in [2.45, 2.75) is 25.8 Å². The summed E-state index contributed by atoms with van der Waals surface area (Å²) in [6, 6.07) is 4.50. The van der Waals surface area contributed by atoms with Crippen LogP contribution in [0, 0.1) is 10.1 Å². The SMILES string of the molecule is CNC(C)Cc1noc(CCOc2ccc(Cl)cc2[N+](=O)[O-])n1. The largest absolute Gasteiger partial charge is 0.486 e. The number of ether oxygens (including phenoxy) is 1. The van der Waals surface area contributed by atoms with Crippen LogP contribution in [0.4, 0.5) is 5.69 Å². The Morgan fingerprint density at radius 3 is 3.00 bits per heavy atom. The van der Waals surface area contributed by atoms with Crippen LogP contribution in [0.3, 0.4) is 0 Å². The quantitative estimate of drug-likeness (QED) is 0.581. The van der Waals surface area contributed by atoms with E-state index in [1.807, 2.05) is 14.0 Å². The van der Waals surface area contributed by atoms with Crippen molar-refractivity contribution in [3.8, 4) is 5.75 Å². The summed E-state index contributed by atoms with van der Waals surface area (Å²) in [4.78, 5) is 14.7. The summed E-state index contributed by atoms with van der Waals surface area (Å²) in [5.41, 5.74) is -0.174. The minimum absolute atomic E-state index is 0.156. The van der Waals surface area contributed by atoms with Crippen molar-refractivity contribution in [3.63, 3.8) is 0 Å². The molecule has 1 aromatic carbocycles. The molecule has 0 amide bonds. The van der Waals surface area contributed by atoms with Crippen LogP contribution in [-0.4, -0.2) is 34.8 Å². The Balaban J connectivity index is 1.92. The summed E-state index contributed by atoms with van der Waals surface area (Å²) in [6.45, 7) is 2.20. The Hall–Kier alpha value is -2.19. The van der Waals surface area contributed by atoms with Crippen LogP contribution in [0.2, 0.25) is 5.02 Å². The molecule has 8 nitrogen and oxygen atoms in total. The molecule has 0 saturated heterocycles. The number of rotatable bonds is 8. The van der Waals surface area contributed by atoms with E-state index >= 15 is 0 Å². The van der Waals surface area contributed by atoms with E-state index in [0.717, 1.165) is 0 Å². The number of nitro groups is 1. The van der Waals surface area contributed by atoms with Gasteiger partial charge in [-0.05, 0) is 26.1 Å². The topological polar surface area (TPSA) is 103 Å². The average molecular weight is 341 g/mol. The molecule has 124 valence electrons. The Morgan fingerprint density at radius 2 is 2.30 bits per heavy atom. The molecule has 0 bridgehead atoms. The van der Waals surface area contributed by atoms with Crippen molar-refractivity contribution < 1.29 is 14.2 Å². The summed E-state index contributed by atoms with van der Waals surface area (Å²) >= 11 is 5.75. The molecule has 1 heterocycles. The smallest absolute Gasteiger partial charge is 0.312 e. The maximum atomic E-state index is 11.0. The molecular formula is C14H17ClN4O4. The first-order chi connectivity index (χ1) is 11.0. The molecule has 0 spiro atoms. The highest BCUT2D eigenvalue weighted by Gasteiger charge is 2.16. The molecule has 0 aliphatic rings. The highest BCUT2D eigenvalue weighted by Crippen LogP contribution is 2.29. The lowest BCUT2D eigenvalue weighted by atomic mass is 10.2. The van der Waals surface area contributed by atoms with Crippen molar-refractivity contribution in [3.05, 3.63) is 45.1 Å². The maximum absolute atomic E-state index is 11.0. The number of nitro benzene ring substituents is 1. The molecule has 1 N–H and O–H groups in total. The van der Waals surface area contributed by atoms with Crippen molar-refractivity contribution in [2.75, 3.05) is 13.7 Å². The molecule has 2 aromatic rings. The van der Waals surface area contributed by atoms with Crippen LogP contribution < -0.4 is 10.1 Å². The Morgan fingerprint density at radius 1 is 1.52 bits per heavy atom. The molecule has 1 atom stereocenters. The first-order valence-electron chi connectivity index (χ1n) is 7.05. The first-order valence-corrected chi connectivity index (χ1v) is 7.43. The van der Waals surface area contributed by atoms with Crippen molar-refractivity contribution in [2.24, 2.45) is 0 Å². The van der Waals surface area contributed by atoms with Gasteiger partial charge in [-0.2, -0.15) is 4.98 Å². The Bertz CT molecular complexity index is 677. The zero-order valence-corrected chi connectivity index (χ0v) is 13.5. The fourth-order valence-corrected chi connectivity index (χ4v) is 2.02. The zero-order chi connectivity index (χ0) is 16.8. The standard InChI is InChI=1S/C14H17ClN4O4/c1-9(16-2)7-13-17-14(23-18-13)5-6-22-12-4-3-10(15)8-11(12)19(20)21/h3-4,8-9,16H,5-7H2,1-2H3. The van der Waals surface area contributed by atoms with Crippen LogP contribution in [0.15, 0.2) is 22.7 Å². The number of aromatic nitrogens is 2. The molecule has 0 radical (unpaired) electrons. The van der Waals surface area contributed by atoms with E-state index in [9.17, 15) is 10.1 Å². The van der Waals surface area contributed by atoms with E-state index in [1.54, 1.807) is 0 Å². The lowest BCUT2D eigenvalue weighted by Gasteiger charge is -2.05. The summed E-state index contributed by atoms with van der Waals surface area (Å²) in [5.74, 6) is 1.20. The van der Waals surface area contributed by atoms with E-state index in [4.69, 9.17) is 20.9 Å². The molecule has 1 unspecified atom stereocenters. The van der Waals surface area contributed by atoms with Gasteiger partial charge in [-0.15, -0.1) is 0 Å². The molecule has 0 aliphatic carbocycles. The molecule has 0 fully saturated rings. The van der Waals surface area contributed by atoms with Crippen molar-refractivity contribution in [1.29, 1.82) is 0 Å². The van der Waals surface area contributed by atoms with E-state index < -0.39 is 4.92 Å². The van der Waals surface area contributed by atoms with E-state index in [2.05, 4.69) is 15.5 Å². The molecule has 0 saturated carbocycles. The maximum Gasteiger partial charge on any atom is 0.312 e. The van der Waals surface area contributed by atoms with Gasteiger partial charge in [0.25, 0.3) is 0 Å². The van der Waals surface area contributed by atoms with E-state index in [1.165, 1.54) is 18.2 Å². The van der Waals surface area contributed by atoms with Crippen molar-refractivity contribution >= 4 is 17.3 Å². The number of nitrogens with one attached hydrogen (secondary N) is 1. The Kier molecular flexibility index (Phi) is 5.89. The van der Waals surface area contributed by atoms with Gasteiger partial charge in [0.1, 0.15) is 0 Å². The molecular weight excluding hydrogens is 324 g/mol. The van der Waals surface area contributed by atoms with Crippen LogP contribution in [0.1, 0.15) is 18.6 Å². The summed E-state index contributed by atoms with van der Waals surface area (Å²) in [6.07, 6.45) is 1.02. The van der Waals surface area contributed by atoms with Crippen LogP contribution in [0.5, 0.6) is 5.75 Å². The second-order valence-electron chi connectivity index (χ2n) is 4.97. The third-order valence-corrected chi connectivity index (χ3v) is 3.42.